The van der Waals surface area contributed by atoms with E-state index in [1.165, 1.54) is 0 Å². The van der Waals surface area contributed by atoms with Crippen molar-refractivity contribution in [1.29, 1.82) is 0 Å². The summed E-state index contributed by atoms with van der Waals surface area (Å²) in [7, 11) is 0. The predicted molar refractivity (Wildman–Crippen MR) is 159 cm³/mol. The van der Waals surface area contributed by atoms with Gasteiger partial charge in [-0.2, -0.15) is 0 Å². The van der Waals surface area contributed by atoms with Crippen molar-refractivity contribution >= 4 is 17.2 Å². The molecule has 8 nitrogen and oxygen atoms in total. The van der Waals surface area contributed by atoms with Gasteiger partial charge in [0.25, 0.3) is 0 Å². The van der Waals surface area contributed by atoms with Gasteiger partial charge in [-0.25, -0.2) is 0 Å². The van der Waals surface area contributed by atoms with E-state index in [0.717, 1.165) is 12.8 Å². The first-order valence-corrected chi connectivity index (χ1v) is 14.8. The molecule has 9 heteroatoms. The number of nitrogens with one attached hydrogen (secondary N) is 1. The SMILES string of the molecule is CC(C)(C)CC(C)(C)CC(=S)NC(COC1CC(CO)C(O)C(O)C1O)C(O)CC(O)C(C)(C)CC(C)(C)C. The smallest absolute Gasteiger partial charge is 0.109 e. The molecule has 1 aliphatic carbocycles. The van der Waals surface area contributed by atoms with Crippen LogP contribution in [-0.2, 0) is 4.74 Å². The third kappa shape index (κ3) is 12.6. The van der Waals surface area contributed by atoms with Crippen molar-refractivity contribution in [1.82, 2.24) is 5.32 Å². The second kappa shape index (κ2) is 14.2. The lowest BCUT2D eigenvalue weighted by Crippen LogP contribution is -2.56. The van der Waals surface area contributed by atoms with Gasteiger partial charge in [0.15, 0.2) is 0 Å². The summed E-state index contributed by atoms with van der Waals surface area (Å²) in [6.07, 6.45) is -4.09. The molecule has 39 heavy (non-hydrogen) atoms. The Morgan fingerprint density at radius 2 is 1.41 bits per heavy atom. The van der Waals surface area contributed by atoms with E-state index >= 15 is 0 Å². The summed E-state index contributed by atoms with van der Waals surface area (Å²) < 4.78 is 5.99. The van der Waals surface area contributed by atoms with Crippen LogP contribution < -0.4 is 5.32 Å². The Hall–Kier alpha value is -0.390. The molecule has 8 unspecified atom stereocenters. The van der Waals surface area contributed by atoms with E-state index in [0.29, 0.717) is 11.4 Å². The van der Waals surface area contributed by atoms with Gasteiger partial charge in [0, 0.05) is 25.4 Å². The molecule has 0 spiro atoms. The van der Waals surface area contributed by atoms with Gasteiger partial charge in [-0.05, 0) is 40.9 Å². The second-order valence-corrected chi connectivity index (χ2v) is 16.3. The van der Waals surface area contributed by atoms with Crippen molar-refractivity contribution in [3.05, 3.63) is 0 Å². The van der Waals surface area contributed by atoms with Crippen LogP contribution in [0, 0.1) is 27.6 Å². The summed E-state index contributed by atoms with van der Waals surface area (Å²) in [6, 6.07) is -0.674. The van der Waals surface area contributed by atoms with Gasteiger partial charge in [-0.15, -0.1) is 0 Å². The molecule has 1 rings (SSSR count). The van der Waals surface area contributed by atoms with Crippen molar-refractivity contribution in [2.45, 2.75) is 144 Å². The molecular formula is C30H59NO7S. The summed E-state index contributed by atoms with van der Waals surface area (Å²) in [5.74, 6) is -0.635. The monoisotopic (exact) mass is 577 g/mol. The zero-order valence-corrected chi connectivity index (χ0v) is 26.9. The largest absolute Gasteiger partial charge is 0.396 e. The highest BCUT2D eigenvalue weighted by Crippen LogP contribution is 2.38. The van der Waals surface area contributed by atoms with Crippen LogP contribution in [0.4, 0.5) is 0 Å². The van der Waals surface area contributed by atoms with Gasteiger partial charge < -0.3 is 40.7 Å². The molecule has 0 aromatic heterocycles. The summed E-state index contributed by atoms with van der Waals surface area (Å²) >= 11 is 5.72. The lowest BCUT2D eigenvalue weighted by molar-refractivity contribution is -0.181. The fraction of sp³-hybridized carbons (Fsp3) is 0.967. The minimum absolute atomic E-state index is 0.00215. The third-order valence-corrected chi connectivity index (χ3v) is 7.90. The van der Waals surface area contributed by atoms with Gasteiger partial charge >= 0.3 is 0 Å². The van der Waals surface area contributed by atoms with Crippen LogP contribution in [0.1, 0.15) is 101 Å². The lowest BCUT2D eigenvalue weighted by atomic mass is 9.71. The minimum atomic E-state index is -1.45. The van der Waals surface area contributed by atoms with Crippen LogP contribution in [0.5, 0.6) is 0 Å². The average Bonchev–Trinajstić information content (AvgIpc) is 2.72. The molecule has 0 aromatic rings. The standard InChI is InChI=1S/C30H59NO7S/c1-27(2,3)16-29(7,8)13-23(39)31-19(20(33)12-22(34)30(9,10)17-28(4,5)6)15-38-21-11-18(14-32)24(35)26(37)25(21)36/h18-22,24-26,32-37H,11-17H2,1-10H3,(H,31,39). The van der Waals surface area contributed by atoms with Gasteiger partial charge in [0.05, 0.1) is 42.1 Å². The molecule has 1 aliphatic rings. The highest BCUT2D eigenvalue weighted by atomic mass is 32.1. The number of thiocarbonyl (C=S) groups is 1. The number of rotatable bonds is 13. The maximum atomic E-state index is 11.3. The zero-order valence-electron chi connectivity index (χ0n) is 26.1. The van der Waals surface area contributed by atoms with Crippen molar-refractivity contribution in [2.75, 3.05) is 13.2 Å². The van der Waals surface area contributed by atoms with Crippen LogP contribution >= 0.6 is 12.2 Å². The molecule has 0 saturated heterocycles. The van der Waals surface area contributed by atoms with Crippen LogP contribution in [0.15, 0.2) is 0 Å². The molecule has 0 heterocycles. The average molecular weight is 578 g/mol. The number of hydrogen-bond donors (Lipinski definition) is 7. The Bertz CT molecular complexity index is 759. The zero-order chi connectivity index (χ0) is 30.6. The molecule has 0 bridgehead atoms. The summed E-state index contributed by atoms with van der Waals surface area (Å²) in [5, 5.41) is 66.2. The molecule has 1 saturated carbocycles. The van der Waals surface area contributed by atoms with Gasteiger partial charge in [0.1, 0.15) is 12.2 Å². The van der Waals surface area contributed by atoms with E-state index in [1.54, 1.807) is 0 Å². The van der Waals surface area contributed by atoms with Crippen LogP contribution in [0.25, 0.3) is 0 Å². The normalized spacial score (nSPS) is 27.6. The van der Waals surface area contributed by atoms with Gasteiger partial charge in [0.2, 0.25) is 0 Å². The van der Waals surface area contributed by atoms with E-state index in [-0.39, 0.29) is 42.3 Å². The van der Waals surface area contributed by atoms with Crippen molar-refractivity contribution in [3.63, 3.8) is 0 Å². The Morgan fingerprint density at radius 3 is 1.90 bits per heavy atom. The lowest BCUT2D eigenvalue weighted by Gasteiger charge is -2.41. The van der Waals surface area contributed by atoms with E-state index in [9.17, 15) is 30.6 Å². The number of aliphatic hydroxyl groups excluding tert-OH is 6. The predicted octanol–water partition coefficient (Wildman–Crippen LogP) is 3.18. The van der Waals surface area contributed by atoms with Crippen LogP contribution in [0.2, 0.25) is 0 Å². The highest BCUT2D eigenvalue weighted by Gasteiger charge is 2.43. The first kappa shape index (κ1) is 36.6. The van der Waals surface area contributed by atoms with Crippen molar-refractivity contribution in [3.8, 4) is 0 Å². The van der Waals surface area contributed by atoms with Crippen LogP contribution in [-0.4, -0.2) is 91.5 Å². The van der Waals surface area contributed by atoms with Crippen molar-refractivity contribution in [2.24, 2.45) is 27.6 Å². The third-order valence-electron chi connectivity index (χ3n) is 7.63. The minimum Gasteiger partial charge on any atom is -0.396 e. The first-order valence-electron chi connectivity index (χ1n) is 14.4. The quantitative estimate of drug-likeness (QED) is 0.164. The Balaban J connectivity index is 3.06. The van der Waals surface area contributed by atoms with E-state index in [1.807, 2.05) is 13.8 Å². The fourth-order valence-corrected chi connectivity index (χ4v) is 7.03. The molecule has 232 valence electrons. The van der Waals surface area contributed by atoms with Crippen molar-refractivity contribution < 1.29 is 35.4 Å². The van der Waals surface area contributed by atoms with E-state index in [4.69, 9.17) is 17.0 Å². The molecule has 0 radical (unpaired) electrons. The van der Waals surface area contributed by atoms with Gasteiger partial charge in [-0.1, -0.05) is 81.5 Å². The maximum absolute atomic E-state index is 11.3. The molecular weight excluding hydrogens is 518 g/mol. The number of ether oxygens (including phenoxy) is 1. The van der Waals surface area contributed by atoms with E-state index in [2.05, 4.69) is 60.7 Å². The number of aliphatic hydroxyl groups is 6. The Labute approximate surface area is 242 Å². The molecule has 0 aliphatic heterocycles. The highest BCUT2D eigenvalue weighted by molar-refractivity contribution is 7.80. The fourth-order valence-electron chi connectivity index (χ4n) is 6.49. The van der Waals surface area contributed by atoms with E-state index < -0.39 is 54.0 Å². The molecule has 1 fully saturated rings. The maximum Gasteiger partial charge on any atom is 0.109 e. The Kier molecular flexibility index (Phi) is 13.3. The van der Waals surface area contributed by atoms with Crippen LogP contribution in [0.3, 0.4) is 0 Å². The molecule has 0 aromatic carbocycles. The topological polar surface area (TPSA) is 143 Å². The second-order valence-electron chi connectivity index (χ2n) is 15.8. The molecule has 0 amide bonds. The Morgan fingerprint density at radius 1 is 0.872 bits per heavy atom. The summed E-state index contributed by atoms with van der Waals surface area (Å²) in [4.78, 5) is 0.577. The molecule has 8 atom stereocenters. The van der Waals surface area contributed by atoms with Gasteiger partial charge in [-0.3, -0.25) is 0 Å². The molecule has 7 N–H and O–H groups in total. The summed E-state index contributed by atoms with van der Waals surface area (Å²) in [6.45, 7) is 20.8. The first-order chi connectivity index (χ1) is 17.5. The summed E-state index contributed by atoms with van der Waals surface area (Å²) in [5.41, 5.74) is -0.396. The number of hydrogen-bond acceptors (Lipinski definition) is 8.